The lowest BCUT2D eigenvalue weighted by Crippen LogP contribution is -2.13. The molecule has 0 aliphatic rings. The molecule has 0 saturated heterocycles. The second-order valence-electron chi connectivity index (χ2n) is 2.71. The van der Waals surface area contributed by atoms with Gasteiger partial charge in [0.1, 0.15) is 0 Å². The van der Waals surface area contributed by atoms with E-state index < -0.39 is 17.8 Å². The maximum absolute atomic E-state index is 12.5. The smallest absolute Gasteiger partial charge is 0.433 e. The zero-order chi connectivity index (χ0) is 11.6. The SMILES string of the molecule is CCc1c(O)nc(SC)nc1C(F)(F)F. The van der Waals surface area contributed by atoms with Crippen LogP contribution < -0.4 is 0 Å². The third-order valence-corrected chi connectivity index (χ3v) is 2.32. The van der Waals surface area contributed by atoms with Crippen molar-refractivity contribution in [2.45, 2.75) is 24.7 Å². The molecular weight excluding hydrogens is 229 g/mol. The Bertz CT molecular complexity index is 368. The molecule has 0 amide bonds. The van der Waals surface area contributed by atoms with E-state index in [1.807, 2.05) is 0 Å². The van der Waals surface area contributed by atoms with Crippen LogP contribution in [0.2, 0.25) is 0 Å². The van der Waals surface area contributed by atoms with Crippen LogP contribution in [0.15, 0.2) is 5.16 Å². The number of thioether (sulfide) groups is 1. The van der Waals surface area contributed by atoms with Crippen LogP contribution in [0.25, 0.3) is 0 Å². The molecular formula is C8H9F3N2OS. The van der Waals surface area contributed by atoms with Gasteiger partial charge in [-0.1, -0.05) is 18.7 Å². The van der Waals surface area contributed by atoms with Gasteiger partial charge in [-0.3, -0.25) is 0 Å². The molecule has 1 aromatic rings. The lowest BCUT2D eigenvalue weighted by molar-refractivity contribution is -0.142. The van der Waals surface area contributed by atoms with Crippen molar-refractivity contribution < 1.29 is 18.3 Å². The lowest BCUT2D eigenvalue weighted by atomic mass is 10.1. The molecule has 3 nitrogen and oxygen atoms in total. The van der Waals surface area contributed by atoms with Crippen LogP contribution in [-0.4, -0.2) is 21.3 Å². The van der Waals surface area contributed by atoms with E-state index in [0.29, 0.717) is 0 Å². The summed E-state index contributed by atoms with van der Waals surface area (Å²) in [6.45, 7) is 1.51. The van der Waals surface area contributed by atoms with E-state index in [4.69, 9.17) is 0 Å². The summed E-state index contributed by atoms with van der Waals surface area (Å²) in [5, 5.41) is 9.22. The summed E-state index contributed by atoms with van der Waals surface area (Å²) in [6.07, 6.45) is -2.98. The molecule has 1 rings (SSSR count). The Morgan fingerprint density at radius 2 is 1.93 bits per heavy atom. The molecule has 15 heavy (non-hydrogen) atoms. The molecule has 0 bridgehead atoms. The first-order valence-electron chi connectivity index (χ1n) is 4.11. The van der Waals surface area contributed by atoms with Crippen LogP contribution in [0.1, 0.15) is 18.2 Å². The second-order valence-corrected chi connectivity index (χ2v) is 3.49. The van der Waals surface area contributed by atoms with E-state index in [0.717, 1.165) is 11.8 Å². The molecule has 0 aliphatic heterocycles. The topological polar surface area (TPSA) is 46.0 Å². The van der Waals surface area contributed by atoms with Gasteiger partial charge in [0.15, 0.2) is 10.9 Å². The van der Waals surface area contributed by atoms with Crippen molar-refractivity contribution in [2.75, 3.05) is 6.26 Å². The van der Waals surface area contributed by atoms with Crippen molar-refractivity contribution in [3.63, 3.8) is 0 Å². The summed E-state index contributed by atoms with van der Waals surface area (Å²) < 4.78 is 37.6. The molecule has 0 fully saturated rings. The van der Waals surface area contributed by atoms with Gasteiger partial charge in [-0.05, 0) is 12.7 Å². The molecule has 1 N–H and O–H groups in total. The third-order valence-electron chi connectivity index (χ3n) is 1.77. The van der Waals surface area contributed by atoms with Crippen molar-refractivity contribution in [2.24, 2.45) is 0 Å². The van der Waals surface area contributed by atoms with Crippen LogP contribution in [-0.2, 0) is 12.6 Å². The van der Waals surface area contributed by atoms with E-state index >= 15 is 0 Å². The van der Waals surface area contributed by atoms with Gasteiger partial charge in [-0.2, -0.15) is 18.2 Å². The molecule has 1 heterocycles. The monoisotopic (exact) mass is 238 g/mol. The van der Waals surface area contributed by atoms with Gasteiger partial charge in [-0.15, -0.1) is 0 Å². The van der Waals surface area contributed by atoms with Gasteiger partial charge in [0.05, 0.1) is 0 Å². The first-order chi connectivity index (χ1) is 6.90. The first-order valence-corrected chi connectivity index (χ1v) is 5.33. The van der Waals surface area contributed by atoms with Gasteiger partial charge in [0.2, 0.25) is 5.88 Å². The fourth-order valence-corrected chi connectivity index (χ4v) is 1.46. The highest BCUT2D eigenvalue weighted by molar-refractivity contribution is 7.98. The van der Waals surface area contributed by atoms with E-state index in [1.165, 1.54) is 6.92 Å². The van der Waals surface area contributed by atoms with E-state index in [2.05, 4.69) is 9.97 Å². The summed E-state index contributed by atoms with van der Waals surface area (Å²) in [6, 6.07) is 0. The Hall–Kier alpha value is -0.980. The predicted octanol–water partition coefficient (Wildman–Crippen LogP) is 2.49. The van der Waals surface area contributed by atoms with Crippen LogP contribution in [0.4, 0.5) is 13.2 Å². The molecule has 0 radical (unpaired) electrons. The molecule has 0 aromatic carbocycles. The number of hydrogen-bond donors (Lipinski definition) is 1. The second kappa shape index (κ2) is 4.26. The molecule has 0 unspecified atom stereocenters. The largest absolute Gasteiger partial charge is 0.493 e. The van der Waals surface area contributed by atoms with Gasteiger partial charge < -0.3 is 5.11 Å². The van der Waals surface area contributed by atoms with Crippen LogP contribution in [0, 0.1) is 0 Å². The molecule has 0 aliphatic carbocycles. The summed E-state index contributed by atoms with van der Waals surface area (Å²) in [4.78, 5) is 6.90. The fourth-order valence-electron chi connectivity index (χ4n) is 1.10. The van der Waals surface area contributed by atoms with Crippen molar-refractivity contribution in [1.29, 1.82) is 0 Å². The average molecular weight is 238 g/mol. The van der Waals surface area contributed by atoms with Crippen molar-refractivity contribution in [1.82, 2.24) is 9.97 Å². The minimum Gasteiger partial charge on any atom is -0.493 e. The quantitative estimate of drug-likeness (QED) is 0.635. The van der Waals surface area contributed by atoms with Gasteiger partial charge in [0.25, 0.3) is 0 Å². The Balaban J connectivity index is 3.39. The molecule has 7 heteroatoms. The van der Waals surface area contributed by atoms with Crippen molar-refractivity contribution in [3.8, 4) is 5.88 Å². The lowest BCUT2D eigenvalue weighted by Gasteiger charge is -2.12. The minimum absolute atomic E-state index is 0.0370. The summed E-state index contributed by atoms with van der Waals surface area (Å²) in [7, 11) is 0. The normalized spacial score (nSPS) is 11.8. The summed E-state index contributed by atoms with van der Waals surface area (Å²) in [5.41, 5.74) is -1.32. The molecule has 1 aromatic heterocycles. The van der Waals surface area contributed by atoms with E-state index in [9.17, 15) is 18.3 Å². The molecule has 0 spiro atoms. The zero-order valence-corrected chi connectivity index (χ0v) is 8.91. The van der Waals surface area contributed by atoms with Gasteiger partial charge in [-0.25, -0.2) is 4.98 Å². The molecule has 0 atom stereocenters. The number of nitrogens with zero attached hydrogens (tertiary/aromatic N) is 2. The number of halogens is 3. The minimum atomic E-state index is -4.56. The predicted molar refractivity (Wildman–Crippen MR) is 49.9 cm³/mol. The van der Waals surface area contributed by atoms with E-state index in [1.54, 1.807) is 6.26 Å². The number of aromatic hydroxyl groups is 1. The van der Waals surface area contributed by atoms with Crippen molar-refractivity contribution in [3.05, 3.63) is 11.3 Å². The maximum Gasteiger partial charge on any atom is 0.433 e. The van der Waals surface area contributed by atoms with Gasteiger partial charge >= 0.3 is 6.18 Å². The highest BCUT2D eigenvalue weighted by Gasteiger charge is 2.37. The number of aromatic nitrogens is 2. The molecule has 0 saturated carbocycles. The van der Waals surface area contributed by atoms with E-state index in [-0.39, 0.29) is 17.1 Å². The Kier molecular flexibility index (Phi) is 3.43. The summed E-state index contributed by atoms with van der Waals surface area (Å²) in [5.74, 6) is -0.593. The Morgan fingerprint density at radius 3 is 2.33 bits per heavy atom. The summed E-state index contributed by atoms with van der Waals surface area (Å²) >= 11 is 0.950. The maximum atomic E-state index is 12.5. The van der Waals surface area contributed by atoms with Crippen LogP contribution >= 0.6 is 11.8 Å². The van der Waals surface area contributed by atoms with Crippen LogP contribution in [0.3, 0.4) is 0 Å². The first kappa shape index (κ1) is 12.1. The number of hydrogen-bond acceptors (Lipinski definition) is 4. The van der Waals surface area contributed by atoms with Crippen LogP contribution in [0.5, 0.6) is 5.88 Å². The third kappa shape index (κ3) is 2.53. The zero-order valence-electron chi connectivity index (χ0n) is 8.09. The number of alkyl halides is 3. The number of rotatable bonds is 2. The highest BCUT2D eigenvalue weighted by atomic mass is 32.2. The molecule has 84 valence electrons. The standard InChI is InChI=1S/C8H9F3N2OS/c1-3-4-5(8(9,10)11)12-7(15-2)13-6(4)14/h3H2,1-2H3,(H,12,13,14). The van der Waals surface area contributed by atoms with Gasteiger partial charge in [0, 0.05) is 5.56 Å². The Labute approximate surface area is 88.7 Å². The van der Waals surface area contributed by atoms with Crippen molar-refractivity contribution >= 4 is 11.8 Å². The highest BCUT2D eigenvalue weighted by Crippen LogP contribution is 2.34. The Morgan fingerprint density at radius 1 is 1.33 bits per heavy atom. The fraction of sp³-hybridized carbons (Fsp3) is 0.500. The average Bonchev–Trinajstić information content (AvgIpc) is 2.15.